The van der Waals surface area contributed by atoms with E-state index in [1.807, 2.05) is 18.2 Å². The molecule has 0 saturated carbocycles. The molecule has 0 spiro atoms. The van der Waals surface area contributed by atoms with E-state index in [0.29, 0.717) is 22.8 Å². The Hall–Kier alpha value is -3.65. The summed E-state index contributed by atoms with van der Waals surface area (Å²) in [7, 11) is 0. The quantitative estimate of drug-likeness (QED) is 0.442. The number of hydrogen-bond donors (Lipinski definition) is 1. The molecule has 1 amide bonds. The molecule has 156 valence electrons. The fourth-order valence-corrected chi connectivity index (χ4v) is 3.82. The minimum absolute atomic E-state index is 0.0222. The Bertz CT molecular complexity index is 1290. The maximum Gasteiger partial charge on any atom is 0.262 e. The van der Waals surface area contributed by atoms with Gasteiger partial charge in [-0.1, -0.05) is 30.3 Å². The average Bonchev–Trinajstić information content (AvgIpc) is 2.78. The SMILES string of the molecule is O=C(COc1ccccc1F)Nc1ccccc1SCc1cc(=O)n2ccccc2n1. The van der Waals surface area contributed by atoms with Crippen molar-refractivity contribution in [3.8, 4) is 5.75 Å². The number of amides is 1. The van der Waals surface area contributed by atoms with Crippen LogP contribution >= 0.6 is 11.8 Å². The second-order valence-electron chi connectivity index (χ2n) is 6.57. The number of benzene rings is 2. The van der Waals surface area contributed by atoms with E-state index >= 15 is 0 Å². The van der Waals surface area contributed by atoms with Gasteiger partial charge < -0.3 is 10.1 Å². The Kier molecular flexibility index (Phi) is 6.28. The van der Waals surface area contributed by atoms with Gasteiger partial charge in [-0.15, -0.1) is 11.8 Å². The highest BCUT2D eigenvalue weighted by atomic mass is 32.2. The number of para-hydroxylation sites is 2. The number of rotatable bonds is 7. The summed E-state index contributed by atoms with van der Waals surface area (Å²) in [6, 6.07) is 20.1. The van der Waals surface area contributed by atoms with Crippen molar-refractivity contribution in [2.45, 2.75) is 10.6 Å². The third-order valence-electron chi connectivity index (χ3n) is 4.36. The molecule has 0 radical (unpaired) electrons. The van der Waals surface area contributed by atoms with Crippen LogP contribution in [0.15, 0.2) is 88.7 Å². The summed E-state index contributed by atoms with van der Waals surface area (Å²) in [5.41, 5.74) is 1.68. The number of aromatic nitrogens is 2. The number of thioether (sulfide) groups is 1. The van der Waals surface area contributed by atoms with Gasteiger partial charge in [0.1, 0.15) is 5.65 Å². The first-order chi connectivity index (χ1) is 15.1. The van der Waals surface area contributed by atoms with Gasteiger partial charge in [0.05, 0.1) is 11.4 Å². The molecular formula is C23H18FN3O3S. The Morgan fingerprint density at radius 2 is 1.84 bits per heavy atom. The zero-order chi connectivity index (χ0) is 21.6. The zero-order valence-electron chi connectivity index (χ0n) is 16.3. The van der Waals surface area contributed by atoms with Gasteiger partial charge in [-0.2, -0.15) is 0 Å². The van der Waals surface area contributed by atoms with Gasteiger partial charge >= 0.3 is 0 Å². The lowest BCUT2D eigenvalue weighted by atomic mass is 10.3. The van der Waals surface area contributed by atoms with Crippen molar-refractivity contribution in [1.82, 2.24) is 9.38 Å². The van der Waals surface area contributed by atoms with Gasteiger partial charge in [0.25, 0.3) is 11.5 Å². The number of carbonyl (C=O) groups excluding carboxylic acids is 1. The summed E-state index contributed by atoms with van der Waals surface area (Å²) in [5.74, 6) is -0.448. The molecular weight excluding hydrogens is 417 g/mol. The van der Waals surface area contributed by atoms with Crippen molar-refractivity contribution < 1.29 is 13.9 Å². The van der Waals surface area contributed by atoms with Crippen molar-refractivity contribution in [1.29, 1.82) is 0 Å². The topological polar surface area (TPSA) is 72.7 Å². The van der Waals surface area contributed by atoms with E-state index in [0.717, 1.165) is 4.90 Å². The number of nitrogens with zero attached hydrogens (tertiary/aromatic N) is 2. The van der Waals surface area contributed by atoms with Crippen molar-refractivity contribution in [2.75, 3.05) is 11.9 Å². The van der Waals surface area contributed by atoms with E-state index in [-0.39, 0.29) is 17.9 Å². The van der Waals surface area contributed by atoms with E-state index in [2.05, 4.69) is 10.3 Å². The lowest BCUT2D eigenvalue weighted by Gasteiger charge is -2.12. The van der Waals surface area contributed by atoms with Gasteiger partial charge in [-0.05, 0) is 36.4 Å². The molecule has 2 aromatic heterocycles. The number of nitrogens with one attached hydrogen (secondary N) is 1. The normalized spacial score (nSPS) is 10.7. The smallest absolute Gasteiger partial charge is 0.262 e. The molecule has 0 saturated heterocycles. The number of anilines is 1. The van der Waals surface area contributed by atoms with Gasteiger partial charge in [-0.3, -0.25) is 14.0 Å². The summed E-state index contributed by atoms with van der Waals surface area (Å²) in [6.45, 7) is -0.317. The molecule has 0 atom stereocenters. The predicted molar refractivity (Wildman–Crippen MR) is 118 cm³/mol. The van der Waals surface area contributed by atoms with Crippen LogP contribution in [0.4, 0.5) is 10.1 Å². The number of halogens is 1. The van der Waals surface area contributed by atoms with Crippen LogP contribution in [0.3, 0.4) is 0 Å². The highest BCUT2D eigenvalue weighted by Crippen LogP contribution is 2.29. The highest BCUT2D eigenvalue weighted by Gasteiger charge is 2.10. The summed E-state index contributed by atoms with van der Waals surface area (Å²) in [6.07, 6.45) is 1.68. The van der Waals surface area contributed by atoms with E-state index in [9.17, 15) is 14.0 Å². The van der Waals surface area contributed by atoms with Crippen molar-refractivity contribution >= 4 is 29.0 Å². The first kappa shape index (κ1) is 20.6. The van der Waals surface area contributed by atoms with Crippen molar-refractivity contribution in [3.05, 3.63) is 101 Å². The Morgan fingerprint density at radius 3 is 2.71 bits per heavy atom. The van der Waals surface area contributed by atoms with Crippen LogP contribution in [0.1, 0.15) is 5.69 Å². The first-order valence-corrected chi connectivity index (χ1v) is 10.4. The molecule has 6 nitrogen and oxygen atoms in total. The number of pyridine rings is 1. The van der Waals surface area contributed by atoms with Crippen LogP contribution in [0.2, 0.25) is 0 Å². The molecule has 8 heteroatoms. The summed E-state index contributed by atoms with van der Waals surface area (Å²) >= 11 is 1.45. The monoisotopic (exact) mass is 435 g/mol. The van der Waals surface area contributed by atoms with Gasteiger partial charge in [0.2, 0.25) is 0 Å². The molecule has 0 aliphatic rings. The lowest BCUT2D eigenvalue weighted by Crippen LogP contribution is -2.20. The van der Waals surface area contributed by atoms with E-state index in [1.54, 1.807) is 42.6 Å². The van der Waals surface area contributed by atoms with Crippen molar-refractivity contribution in [2.24, 2.45) is 0 Å². The maximum absolute atomic E-state index is 13.6. The van der Waals surface area contributed by atoms with E-state index in [4.69, 9.17) is 4.74 Å². The summed E-state index contributed by atoms with van der Waals surface area (Å²) in [5, 5.41) is 2.78. The fourth-order valence-electron chi connectivity index (χ4n) is 2.92. The highest BCUT2D eigenvalue weighted by molar-refractivity contribution is 7.98. The van der Waals surface area contributed by atoms with E-state index in [1.165, 1.54) is 34.4 Å². The zero-order valence-corrected chi connectivity index (χ0v) is 17.1. The van der Waals surface area contributed by atoms with Crippen LogP contribution < -0.4 is 15.6 Å². The lowest BCUT2D eigenvalue weighted by molar-refractivity contribution is -0.118. The second-order valence-corrected chi connectivity index (χ2v) is 7.58. The summed E-state index contributed by atoms with van der Waals surface area (Å²) in [4.78, 5) is 29.9. The summed E-state index contributed by atoms with van der Waals surface area (Å²) < 4.78 is 20.4. The Labute approximate surface area is 181 Å². The third-order valence-corrected chi connectivity index (χ3v) is 5.46. The third kappa shape index (κ3) is 5.10. The van der Waals surface area contributed by atoms with Gasteiger partial charge in [0.15, 0.2) is 18.2 Å². The molecule has 2 aromatic carbocycles. The largest absolute Gasteiger partial charge is 0.481 e. The molecule has 0 aliphatic heterocycles. The molecule has 0 bridgehead atoms. The van der Waals surface area contributed by atoms with Crippen LogP contribution in [-0.2, 0) is 10.5 Å². The van der Waals surface area contributed by atoms with Crippen molar-refractivity contribution in [3.63, 3.8) is 0 Å². The molecule has 0 fully saturated rings. The molecule has 2 heterocycles. The average molecular weight is 435 g/mol. The molecule has 0 unspecified atom stereocenters. The standard InChI is InChI=1S/C23H18FN3O3S/c24-17-7-1-3-9-19(17)30-14-22(28)26-18-8-2-4-10-20(18)31-15-16-13-23(29)27-12-6-5-11-21(27)25-16/h1-13H,14-15H2,(H,26,28). The molecule has 4 aromatic rings. The predicted octanol–water partition coefficient (Wildman–Crippen LogP) is 4.14. The fraction of sp³-hybridized carbons (Fsp3) is 0.0870. The Balaban J connectivity index is 1.42. The molecule has 1 N–H and O–H groups in total. The van der Waals surface area contributed by atoms with Crippen LogP contribution in [0, 0.1) is 5.82 Å². The molecule has 0 aliphatic carbocycles. The Morgan fingerprint density at radius 1 is 1.06 bits per heavy atom. The molecule has 31 heavy (non-hydrogen) atoms. The van der Waals surface area contributed by atoms with Crippen LogP contribution in [0.5, 0.6) is 5.75 Å². The number of hydrogen-bond acceptors (Lipinski definition) is 5. The number of carbonyl (C=O) groups is 1. The second kappa shape index (κ2) is 9.44. The minimum atomic E-state index is -0.523. The van der Waals surface area contributed by atoms with Gasteiger partial charge in [-0.25, -0.2) is 9.37 Å². The van der Waals surface area contributed by atoms with E-state index < -0.39 is 11.7 Å². The number of fused-ring (bicyclic) bond motifs is 1. The molecule has 4 rings (SSSR count). The van der Waals surface area contributed by atoms with Crippen LogP contribution in [0.25, 0.3) is 5.65 Å². The van der Waals surface area contributed by atoms with Gasteiger partial charge in [0, 0.05) is 22.9 Å². The first-order valence-electron chi connectivity index (χ1n) is 9.46. The number of ether oxygens (including phenoxy) is 1. The minimum Gasteiger partial charge on any atom is -0.481 e. The van der Waals surface area contributed by atoms with Crippen LogP contribution in [-0.4, -0.2) is 21.9 Å². The maximum atomic E-state index is 13.6.